The summed E-state index contributed by atoms with van der Waals surface area (Å²) in [5.74, 6) is -0.0322. The number of hydrogen-bond donors (Lipinski definition) is 2. The van der Waals surface area contributed by atoms with Crippen molar-refractivity contribution in [1.82, 2.24) is 9.62 Å². The second-order valence-electron chi connectivity index (χ2n) is 6.85. The fourth-order valence-electron chi connectivity index (χ4n) is 3.67. The quantitative estimate of drug-likeness (QED) is 0.760. The Morgan fingerprint density at radius 1 is 1.23 bits per heavy atom. The largest absolute Gasteiger partial charge is 0.338 e. The lowest BCUT2D eigenvalue weighted by molar-refractivity contribution is -0.134. The predicted octanol–water partition coefficient (Wildman–Crippen LogP) is 2.04. The van der Waals surface area contributed by atoms with Crippen LogP contribution in [0.5, 0.6) is 0 Å². The summed E-state index contributed by atoms with van der Waals surface area (Å²) >= 11 is 0. The number of piperidine rings is 1. The number of carbonyl (C=O) groups is 1. The van der Waals surface area contributed by atoms with Crippen LogP contribution in [0, 0.1) is 20.8 Å². The summed E-state index contributed by atoms with van der Waals surface area (Å²) in [4.78, 5) is 14.5. The first-order valence-electron chi connectivity index (χ1n) is 8.83. The number of benzene rings is 1. The van der Waals surface area contributed by atoms with Crippen molar-refractivity contribution in [2.75, 3.05) is 19.6 Å². The number of sulfonamides is 1. The SMILES string of the molecule is Cc1cc(C)c(S(=O)(=O)NCCC(=O)N2CCCCC2CN)c(C)c1.Cl. The molecule has 0 aromatic heterocycles. The maximum atomic E-state index is 12.6. The lowest BCUT2D eigenvalue weighted by Gasteiger charge is -2.35. The van der Waals surface area contributed by atoms with Gasteiger partial charge in [-0.3, -0.25) is 4.79 Å². The highest BCUT2D eigenvalue weighted by molar-refractivity contribution is 7.89. The number of hydrogen-bond acceptors (Lipinski definition) is 4. The summed E-state index contributed by atoms with van der Waals surface area (Å²) in [7, 11) is -3.63. The van der Waals surface area contributed by atoms with E-state index in [-0.39, 0.29) is 37.3 Å². The van der Waals surface area contributed by atoms with Crippen molar-refractivity contribution in [2.45, 2.75) is 57.4 Å². The Morgan fingerprint density at radius 2 is 1.85 bits per heavy atom. The molecule has 6 nitrogen and oxygen atoms in total. The molecule has 0 aliphatic carbocycles. The molecule has 1 fully saturated rings. The molecule has 8 heteroatoms. The average molecular weight is 404 g/mol. The van der Waals surface area contributed by atoms with Crippen LogP contribution in [0.3, 0.4) is 0 Å². The van der Waals surface area contributed by atoms with Crippen LogP contribution in [0.1, 0.15) is 42.4 Å². The number of likely N-dealkylation sites (tertiary alicyclic amines) is 1. The van der Waals surface area contributed by atoms with Gasteiger partial charge in [-0.25, -0.2) is 13.1 Å². The van der Waals surface area contributed by atoms with Crippen molar-refractivity contribution in [1.29, 1.82) is 0 Å². The van der Waals surface area contributed by atoms with E-state index in [1.165, 1.54) is 0 Å². The highest BCUT2D eigenvalue weighted by Gasteiger charge is 2.26. The minimum atomic E-state index is -3.63. The number of carbonyl (C=O) groups excluding carboxylic acids is 1. The van der Waals surface area contributed by atoms with Crippen molar-refractivity contribution < 1.29 is 13.2 Å². The van der Waals surface area contributed by atoms with Crippen LogP contribution in [-0.2, 0) is 14.8 Å². The van der Waals surface area contributed by atoms with Gasteiger partial charge >= 0.3 is 0 Å². The number of nitrogens with one attached hydrogen (secondary N) is 1. The lowest BCUT2D eigenvalue weighted by atomic mass is 10.0. The Morgan fingerprint density at radius 3 is 2.42 bits per heavy atom. The first-order valence-corrected chi connectivity index (χ1v) is 10.3. The van der Waals surface area contributed by atoms with E-state index in [9.17, 15) is 13.2 Å². The molecule has 3 N–H and O–H groups in total. The van der Waals surface area contributed by atoms with Gasteiger partial charge in [0.1, 0.15) is 0 Å². The Bertz CT molecular complexity index is 714. The number of nitrogens with zero attached hydrogens (tertiary/aromatic N) is 1. The number of nitrogens with two attached hydrogens (primary N) is 1. The molecule has 0 bridgehead atoms. The van der Waals surface area contributed by atoms with E-state index in [4.69, 9.17) is 5.73 Å². The summed E-state index contributed by atoms with van der Waals surface area (Å²) in [6.45, 7) is 6.79. The Labute approximate surface area is 163 Å². The van der Waals surface area contributed by atoms with Crippen molar-refractivity contribution in [2.24, 2.45) is 5.73 Å². The molecule has 2 rings (SSSR count). The van der Waals surface area contributed by atoms with E-state index in [0.717, 1.165) is 36.0 Å². The maximum Gasteiger partial charge on any atom is 0.241 e. The van der Waals surface area contributed by atoms with E-state index < -0.39 is 10.0 Å². The fraction of sp³-hybridized carbons (Fsp3) is 0.611. The van der Waals surface area contributed by atoms with Gasteiger partial charge in [0.2, 0.25) is 15.9 Å². The van der Waals surface area contributed by atoms with Gasteiger partial charge in [0.25, 0.3) is 0 Å². The number of aryl methyl sites for hydroxylation is 3. The molecule has 1 aromatic carbocycles. The van der Waals surface area contributed by atoms with Gasteiger partial charge in [0, 0.05) is 32.1 Å². The zero-order chi connectivity index (χ0) is 18.6. The zero-order valence-corrected chi connectivity index (χ0v) is 17.4. The van der Waals surface area contributed by atoms with E-state index in [2.05, 4.69) is 4.72 Å². The normalized spacial score (nSPS) is 17.7. The van der Waals surface area contributed by atoms with Gasteiger partial charge in [0.15, 0.2) is 0 Å². The van der Waals surface area contributed by atoms with Gasteiger partial charge in [-0.05, 0) is 51.2 Å². The van der Waals surface area contributed by atoms with Crippen LogP contribution in [0.15, 0.2) is 17.0 Å². The monoisotopic (exact) mass is 403 g/mol. The Kier molecular flexibility index (Phi) is 8.53. The minimum Gasteiger partial charge on any atom is -0.338 e. The van der Waals surface area contributed by atoms with Crippen LogP contribution >= 0.6 is 12.4 Å². The third-order valence-electron chi connectivity index (χ3n) is 4.72. The standard InChI is InChI=1S/C18H29N3O3S.ClH/c1-13-10-14(2)18(15(3)11-13)25(23,24)20-8-7-17(22)21-9-5-4-6-16(21)12-19;/h10-11,16,20H,4-9,12,19H2,1-3H3;1H. The Hall–Kier alpha value is -1.15. The number of halogens is 1. The summed E-state index contributed by atoms with van der Waals surface area (Å²) in [6.07, 6.45) is 3.15. The average Bonchev–Trinajstić information content (AvgIpc) is 2.53. The summed E-state index contributed by atoms with van der Waals surface area (Å²) in [5, 5.41) is 0. The number of rotatable bonds is 6. The van der Waals surface area contributed by atoms with E-state index in [1.54, 1.807) is 18.7 Å². The zero-order valence-electron chi connectivity index (χ0n) is 15.7. The van der Waals surface area contributed by atoms with Crippen molar-refractivity contribution in [3.8, 4) is 0 Å². The summed E-state index contributed by atoms with van der Waals surface area (Å²) in [5.41, 5.74) is 8.21. The molecule has 26 heavy (non-hydrogen) atoms. The van der Waals surface area contributed by atoms with Crippen LogP contribution in [-0.4, -0.2) is 44.9 Å². The molecule has 148 valence electrons. The molecule has 1 heterocycles. The molecule has 0 radical (unpaired) electrons. The second-order valence-corrected chi connectivity index (χ2v) is 8.55. The lowest BCUT2D eigenvalue weighted by Crippen LogP contribution is -2.48. The topological polar surface area (TPSA) is 92.5 Å². The Balaban J connectivity index is 0.00000338. The first kappa shape index (κ1) is 22.9. The van der Waals surface area contributed by atoms with Crippen LogP contribution in [0.25, 0.3) is 0 Å². The van der Waals surface area contributed by atoms with Crippen molar-refractivity contribution >= 4 is 28.3 Å². The molecular weight excluding hydrogens is 374 g/mol. The molecule has 1 amide bonds. The molecule has 1 unspecified atom stereocenters. The molecule has 1 saturated heterocycles. The van der Waals surface area contributed by atoms with Crippen LogP contribution in [0.4, 0.5) is 0 Å². The maximum absolute atomic E-state index is 12.6. The minimum absolute atomic E-state index is 0. The van der Waals surface area contributed by atoms with E-state index >= 15 is 0 Å². The van der Waals surface area contributed by atoms with E-state index in [0.29, 0.717) is 18.0 Å². The molecular formula is C18H30ClN3O3S. The highest BCUT2D eigenvalue weighted by atomic mass is 35.5. The van der Waals surface area contributed by atoms with Gasteiger partial charge in [-0.15, -0.1) is 12.4 Å². The van der Waals surface area contributed by atoms with Gasteiger partial charge < -0.3 is 10.6 Å². The highest BCUT2D eigenvalue weighted by Crippen LogP contribution is 2.22. The molecule has 1 aromatic rings. The van der Waals surface area contributed by atoms with Crippen molar-refractivity contribution in [3.05, 3.63) is 28.8 Å². The van der Waals surface area contributed by atoms with Crippen LogP contribution < -0.4 is 10.5 Å². The summed E-state index contributed by atoms with van der Waals surface area (Å²) < 4.78 is 27.8. The molecule has 0 spiro atoms. The van der Waals surface area contributed by atoms with E-state index in [1.807, 2.05) is 19.1 Å². The fourth-order valence-corrected chi connectivity index (χ4v) is 5.15. The van der Waals surface area contributed by atoms with Gasteiger partial charge in [0.05, 0.1) is 4.90 Å². The third-order valence-corrected chi connectivity index (χ3v) is 6.49. The summed E-state index contributed by atoms with van der Waals surface area (Å²) in [6, 6.07) is 3.79. The third kappa shape index (κ3) is 5.42. The molecule has 1 aliphatic rings. The molecule has 1 atom stereocenters. The molecule has 1 aliphatic heterocycles. The van der Waals surface area contributed by atoms with Crippen LogP contribution in [0.2, 0.25) is 0 Å². The second kappa shape index (κ2) is 9.69. The van der Waals surface area contributed by atoms with Gasteiger partial charge in [-0.2, -0.15) is 0 Å². The van der Waals surface area contributed by atoms with Gasteiger partial charge in [-0.1, -0.05) is 17.7 Å². The smallest absolute Gasteiger partial charge is 0.241 e. The predicted molar refractivity (Wildman–Crippen MR) is 106 cm³/mol. The number of amides is 1. The first-order chi connectivity index (χ1) is 11.8. The van der Waals surface area contributed by atoms with Crippen molar-refractivity contribution in [3.63, 3.8) is 0 Å². The molecule has 0 saturated carbocycles.